The van der Waals surface area contributed by atoms with Gasteiger partial charge in [-0.25, -0.2) is 0 Å². The Morgan fingerprint density at radius 3 is 1.41 bits per heavy atom. The first-order valence-electron chi connectivity index (χ1n) is 9.87. The van der Waals surface area contributed by atoms with E-state index in [1.165, 1.54) is 15.9 Å². The Labute approximate surface area is 181 Å². The predicted octanol–water partition coefficient (Wildman–Crippen LogP) is 4.96. The summed E-state index contributed by atoms with van der Waals surface area (Å²) in [5.74, 6) is -0.131. The van der Waals surface area contributed by atoms with E-state index >= 15 is 0 Å². The Morgan fingerprint density at radius 2 is 1.10 bits per heavy atom. The molecule has 0 spiro atoms. The Bertz CT molecular complexity index is 914. The molecule has 1 fully saturated rings. The number of rotatable bonds is 4. The molecule has 4 rings (SSSR count). The molecule has 0 amide bonds. The maximum absolute atomic E-state index is 13.6. The molecule has 0 aromatic heterocycles. The fourth-order valence-electron chi connectivity index (χ4n) is 4.70. The van der Waals surface area contributed by atoms with Crippen molar-refractivity contribution in [3.63, 3.8) is 0 Å². The van der Waals surface area contributed by atoms with Crippen molar-refractivity contribution in [2.24, 2.45) is 0 Å². The molecule has 0 aliphatic carbocycles. The number of esters is 1. The second-order valence-electron chi connectivity index (χ2n) is 8.62. The fraction of sp³-hybridized carbons (Fsp3) is 0.240. The first-order chi connectivity index (χ1) is 13.8. The molecule has 1 aliphatic rings. The molecule has 1 saturated heterocycles. The Kier molecular flexibility index (Phi) is 4.96. The van der Waals surface area contributed by atoms with E-state index in [-0.39, 0.29) is 16.2 Å². The fourth-order valence-corrected chi connectivity index (χ4v) is 16.0. The molecule has 3 aromatic rings. The van der Waals surface area contributed by atoms with Crippen LogP contribution in [-0.4, -0.2) is 21.8 Å². The zero-order valence-electron chi connectivity index (χ0n) is 17.0. The molecule has 150 valence electrons. The summed E-state index contributed by atoms with van der Waals surface area (Å²) in [6, 6.07) is 31.6. The van der Waals surface area contributed by atoms with Crippen molar-refractivity contribution < 1.29 is 9.53 Å². The predicted molar refractivity (Wildman–Crippen MR) is 127 cm³/mol. The molecular weight excluding hydrogens is 443 g/mol. The second-order valence-corrected chi connectivity index (χ2v) is 15.5. The molecule has 3 aromatic carbocycles. The monoisotopic (exact) mass is 468 g/mol. The maximum atomic E-state index is 13.6. The molecule has 1 heterocycles. The number of ether oxygens (including phenoxy) is 1. The first-order valence-corrected chi connectivity index (χ1v) is 13.2. The number of hydrogen-bond acceptors (Lipinski definition) is 2. The van der Waals surface area contributed by atoms with Crippen LogP contribution in [0.4, 0.5) is 0 Å². The van der Waals surface area contributed by atoms with Crippen molar-refractivity contribution in [1.82, 2.24) is 0 Å². The second kappa shape index (κ2) is 7.07. The Morgan fingerprint density at radius 1 is 0.759 bits per heavy atom. The van der Waals surface area contributed by atoms with Gasteiger partial charge < -0.3 is 0 Å². The van der Waals surface area contributed by atoms with E-state index in [0.717, 1.165) is 0 Å². The average molecular weight is 469 g/mol. The van der Waals surface area contributed by atoms with Gasteiger partial charge >= 0.3 is 182 Å². The van der Waals surface area contributed by atoms with Gasteiger partial charge in [0.2, 0.25) is 0 Å². The van der Waals surface area contributed by atoms with Gasteiger partial charge in [0.1, 0.15) is 0 Å². The molecule has 0 N–H and O–H groups in total. The van der Waals surface area contributed by atoms with Gasteiger partial charge in [0.05, 0.1) is 0 Å². The standard InChI is InChI=1S/C25H26BrO2P/c1-25(2,3)28-24(27)22-23(26)29(22,19-13-7-4-8-14-19,20-15-9-5-10-16-20)21-17-11-6-12-18-21/h4-18,22-23H,1-3H3. The van der Waals surface area contributed by atoms with Crippen LogP contribution in [0.2, 0.25) is 0 Å². The number of alkyl halides is 1. The van der Waals surface area contributed by atoms with E-state index in [2.05, 4.69) is 88.7 Å². The molecule has 0 radical (unpaired) electrons. The van der Waals surface area contributed by atoms with Crippen molar-refractivity contribution in [2.75, 3.05) is 0 Å². The van der Waals surface area contributed by atoms with Crippen LogP contribution in [0.1, 0.15) is 20.8 Å². The van der Waals surface area contributed by atoms with Gasteiger partial charge in [-0.05, 0) is 0 Å². The van der Waals surface area contributed by atoms with E-state index in [1.54, 1.807) is 0 Å². The van der Waals surface area contributed by atoms with E-state index in [4.69, 9.17) is 4.74 Å². The number of halogens is 1. The number of hydrogen-bond donors (Lipinski definition) is 0. The molecule has 0 bridgehead atoms. The summed E-state index contributed by atoms with van der Waals surface area (Å²) in [7, 11) is 0. The van der Waals surface area contributed by atoms with Gasteiger partial charge in [-0.1, -0.05) is 0 Å². The third-order valence-corrected chi connectivity index (χ3v) is 16.2. The summed E-state index contributed by atoms with van der Waals surface area (Å²) in [5, 5.41) is 3.65. The topological polar surface area (TPSA) is 26.3 Å². The SMILES string of the molecule is CC(C)(C)OC(=O)C1C(Br)P1(c1ccccc1)(c1ccccc1)c1ccccc1. The third kappa shape index (κ3) is 2.82. The summed E-state index contributed by atoms with van der Waals surface area (Å²) in [6.07, 6.45) is 0. The Balaban J connectivity index is 2.07. The molecule has 2 atom stereocenters. The molecule has 2 unspecified atom stereocenters. The van der Waals surface area contributed by atoms with Gasteiger partial charge in [-0.2, -0.15) is 0 Å². The van der Waals surface area contributed by atoms with Crippen LogP contribution < -0.4 is 15.9 Å². The molecule has 1 aliphatic heterocycles. The minimum absolute atomic E-state index is 0.00412. The summed E-state index contributed by atoms with van der Waals surface area (Å²) < 4.78 is 5.94. The van der Waals surface area contributed by atoms with Crippen molar-refractivity contribution in [1.29, 1.82) is 0 Å². The molecule has 29 heavy (non-hydrogen) atoms. The number of carbonyl (C=O) groups is 1. The summed E-state index contributed by atoms with van der Waals surface area (Å²) >= 11 is 4.00. The Hall–Kier alpha value is -1.96. The van der Waals surface area contributed by atoms with Gasteiger partial charge in [0.15, 0.2) is 0 Å². The van der Waals surface area contributed by atoms with Crippen LogP contribution in [0.5, 0.6) is 0 Å². The van der Waals surface area contributed by atoms with Crippen LogP contribution in [0.25, 0.3) is 0 Å². The normalized spacial score (nSPS) is 23.4. The van der Waals surface area contributed by atoms with Crippen LogP contribution in [0.15, 0.2) is 91.0 Å². The van der Waals surface area contributed by atoms with Crippen molar-refractivity contribution in [2.45, 2.75) is 36.6 Å². The summed E-state index contributed by atoms with van der Waals surface area (Å²) in [6.45, 7) is 2.69. The average Bonchev–Trinajstić information content (AvgIpc) is 3.31. The van der Waals surface area contributed by atoms with E-state index in [0.29, 0.717) is 0 Å². The zero-order chi connectivity index (χ0) is 20.7. The van der Waals surface area contributed by atoms with Gasteiger partial charge in [0.25, 0.3) is 0 Å². The zero-order valence-corrected chi connectivity index (χ0v) is 19.4. The summed E-state index contributed by atoms with van der Waals surface area (Å²) in [4.78, 5) is 13.6. The van der Waals surface area contributed by atoms with Crippen LogP contribution >= 0.6 is 22.5 Å². The summed E-state index contributed by atoms with van der Waals surface area (Å²) in [5.41, 5.74) is -0.788. The molecule has 0 saturated carbocycles. The minimum atomic E-state index is -3.10. The van der Waals surface area contributed by atoms with E-state index in [9.17, 15) is 4.79 Å². The first kappa shape index (κ1) is 20.3. The number of benzene rings is 3. The van der Waals surface area contributed by atoms with Gasteiger partial charge in [0, 0.05) is 0 Å². The molecular formula is C25H26BrO2P. The quantitative estimate of drug-likeness (QED) is 0.307. The van der Waals surface area contributed by atoms with Crippen LogP contribution in [0.3, 0.4) is 0 Å². The van der Waals surface area contributed by atoms with Crippen molar-refractivity contribution in [3.05, 3.63) is 91.0 Å². The molecule has 4 heteroatoms. The van der Waals surface area contributed by atoms with Gasteiger partial charge in [-0.15, -0.1) is 0 Å². The van der Waals surface area contributed by atoms with Crippen molar-refractivity contribution >= 4 is 44.4 Å². The van der Waals surface area contributed by atoms with E-state index < -0.39 is 12.2 Å². The van der Waals surface area contributed by atoms with Gasteiger partial charge in [-0.3, -0.25) is 0 Å². The van der Waals surface area contributed by atoms with Crippen molar-refractivity contribution in [3.8, 4) is 0 Å². The molecule has 2 nitrogen and oxygen atoms in total. The number of carbonyl (C=O) groups excluding carboxylic acids is 1. The van der Waals surface area contributed by atoms with Crippen LogP contribution in [0, 0.1) is 0 Å². The third-order valence-electron chi connectivity index (χ3n) is 5.85. The van der Waals surface area contributed by atoms with Crippen LogP contribution in [-0.2, 0) is 9.53 Å². The van der Waals surface area contributed by atoms with E-state index in [1.807, 2.05) is 39.0 Å².